The Morgan fingerprint density at radius 1 is 1.00 bits per heavy atom. The zero-order valence-corrected chi connectivity index (χ0v) is 10.8. The van der Waals surface area contributed by atoms with Gasteiger partial charge in [0, 0.05) is 11.1 Å². The third kappa shape index (κ3) is 3.15. The maximum absolute atomic E-state index is 4.58. The lowest BCUT2D eigenvalue weighted by atomic mass is 10.1. The Labute approximate surface area is 112 Å². The van der Waals surface area contributed by atoms with Crippen LogP contribution in [0.25, 0.3) is 0 Å². The molecule has 0 aliphatic rings. The maximum Gasteiger partial charge on any atom is 0.0743 e. The Balaban J connectivity index is 2.31. The fourth-order valence-corrected chi connectivity index (χ4v) is 1.68. The quantitative estimate of drug-likeness (QED) is 0.420. The topological polar surface area (TPSA) is 12.4 Å². The molecule has 0 aliphatic heterocycles. The highest BCUT2D eigenvalue weighted by Crippen LogP contribution is 2.16. The first-order chi connectivity index (χ1) is 8.79. The van der Waals surface area contributed by atoms with Gasteiger partial charge in [0.25, 0.3) is 0 Å². The molecule has 0 radical (unpaired) electrons. The Morgan fingerprint density at radius 2 is 1.78 bits per heavy atom. The number of aryl methyl sites for hydroxylation is 1. The third-order valence-corrected chi connectivity index (χ3v) is 2.59. The second-order valence-corrected chi connectivity index (χ2v) is 4.00. The lowest BCUT2D eigenvalue weighted by Gasteiger charge is -1.98. The highest BCUT2D eigenvalue weighted by molar-refractivity contribution is 7.78. The van der Waals surface area contributed by atoms with Crippen LogP contribution in [0, 0.1) is 18.8 Å². The Bertz CT molecular complexity index is 656. The highest BCUT2D eigenvalue weighted by Gasteiger charge is 1.96. The monoisotopic (exact) mass is 249 g/mol. The molecule has 0 aromatic heterocycles. The van der Waals surface area contributed by atoms with Gasteiger partial charge in [0.2, 0.25) is 0 Å². The van der Waals surface area contributed by atoms with Gasteiger partial charge in [-0.3, -0.25) is 0 Å². The molecule has 2 rings (SSSR count). The van der Waals surface area contributed by atoms with Gasteiger partial charge in [0.05, 0.1) is 10.8 Å². The van der Waals surface area contributed by atoms with Gasteiger partial charge in [0.1, 0.15) is 0 Å². The fraction of sp³-hybridized carbons (Fsp3) is 0.0625. The van der Waals surface area contributed by atoms with E-state index in [1.165, 1.54) is 0 Å². The number of hydrogen-bond acceptors (Lipinski definition) is 2. The molecule has 18 heavy (non-hydrogen) atoms. The minimum absolute atomic E-state index is 0.813. The first kappa shape index (κ1) is 12.3. The number of benzene rings is 2. The molecule has 0 spiro atoms. The van der Waals surface area contributed by atoms with Crippen LogP contribution in [0.15, 0.2) is 53.5 Å². The van der Waals surface area contributed by atoms with E-state index in [4.69, 9.17) is 0 Å². The molecule has 0 unspecified atom stereocenters. The molecule has 0 saturated heterocycles. The summed E-state index contributed by atoms with van der Waals surface area (Å²) < 4.78 is 0. The standard InChI is InChI=1S/C16H11NS/c1-13-11-16(17-12-18)10-9-15(13)8-7-14-5-3-2-4-6-14/h2-6,9-11H,1H3. The van der Waals surface area contributed by atoms with Crippen LogP contribution in [0.3, 0.4) is 0 Å². The summed E-state index contributed by atoms with van der Waals surface area (Å²) >= 11 is 4.58. The predicted octanol–water partition coefficient (Wildman–Crippen LogP) is 4.13. The highest BCUT2D eigenvalue weighted by atomic mass is 32.1. The van der Waals surface area contributed by atoms with Gasteiger partial charge in [-0.15, -0.1) is 0 Å². The van der Waals surface area contributed by atoms with Crippen molar-refractivity contribution in [3.63, 3.8) is 0 Å². The van der Waals surface area contributed by atoms with Crippen molar-refractivity contribution in [2.75, 3.05) is 0 Å². The summed E-state index contributed by atoms with van der Waals surface area (Å²) in [6.45, 7) is 2.01. The van der Waals surface area contributed by atoms with E-state index in [-0.39, 0.29) is 0 Å². The number of isothiocyanates is 1. The van der Waals surface area contributed by atoms with Gasteiger partial charge < -0.3 is 0 Å². The third-order valence-electron chi connectivity index (χ3n) is 2.50. The van der Waals surface area contributed by atoms with Gasteiger partial charge in [-0.25, -0.2) is 0 Å². The number of nitrogens with zero attached hydrogens (tertiary/aromatic N) is 1. The van der Waals surface area contributed by atoms with Gasteiger partial charge in [-0.2, -0.15) is 4.99 Å². The van der Waals surface area contributed by atoms with E-state index in [2.05, 4.69) is 34.2 Å². The summed E-state index contributed by atoms with van der Waals surface area (Å²) in [6.07, 6.45) is 0. The first-order valence-electron chi connectivity index (χ1n) is 5.55. The van der Waals surface area contributed by atoms with Crippen LogP contribution in [0.5, 0.6) is 0 Å². The lowest BCUT2D eigenvalue weighted by molar-refractivity contribution is 1.41. The molecule has 0 heterocycles. The van der Waals surface area contributed by atoms with E-state index in [1.54, 1.807) is 0 Å². The van der Waals surface area contributed by atoms with Gasteiger partial charge in [-0.05, 0) is 55.0 Å². The van der Waals surface area contributed by atoms with Crippen LogP contribution in [-0.2, 0) is 0 Å². The number of hydrogen-bond donors (Lipinski definition) is 0. The zero-order valence-electron chi connectivity index (χ0n) is 9.97. The van der Waals surface area contributed by atoms with Crippen LogP contribution < -0.4 is 0 Å². The summed E-state index contributed by atoms with van der Waals surface area (Å²) in [7, 11) is 0. The zero-order chi connectivity index (χ0) is 12.8. The van der Waals surface area contributed by atoms with Crippen molar-refractivity contribution in [3.8, 4) is 11.8 Å². The molecule has 0 saturated carbocycles. The Kier molecular flexibility index (Phi) is 4.04. The molecule has 2 aromatic carbocycles. The SMILES string of the molecule is Cc1cc(N=C=S)ccc1C#Cc1ccccc1. The van der Waals surface area contributed by atoms with Gasteiger partial charge >= 0.3 is 0 Å². The van der Waals surface area contributed by atoms with Crippen molar-refractivity contribution in [3.05, 3.63) is 65.2 Å². The molecule has 0 N–H and O–H groups in total. The molecular weight excluding hydrogens is 238 g/mol. The van der Waals surface area contributed by atoms with Crippen molar-refractivity contribution >= 4 is 23.1 Å². The molecule has 0 aliphatic carbocycles. The first-order valence-corrected chi connectivity index (χ1v) is 5.96. The normalized spacial score (nSPS) is 8.94. The number of rotatable bonds is 1. The van der Waals surface area contributed by atoms with Crippen molar-refractivity contribution < 1.29 is 0 Å². The second-order valence-electron chi connectivity index (χ2n) is 3.82. The van der Waals surface area contributed by atoms with Crippen molar-refractivity contribution in [2.45, 2.75) is 6.92 Å². The Hall–Kier alpha value is -2.20. The lowest BCUT2D eigenvalue weighted by Crippen LogP contribution is -1.81. The molecule has 2 aromatic rings. The number of aliphatic imine (C=N–C) groups is 1. The van der Waals surface area contributed by atoms with E-state index in [0.717, 1.165) is 22.4 Å². The van der Waals surface area contributed by atoms with E-state index in [9.17, 15) is 0 Å². The Morgan fingerprint density at radius 3 is 2.44 bits per heavy atom. The molecule has 2 heteroatoms. The van der Waals surface area contributed by atoms with Crippen molar-refractivity contribution in [1.82, 2.24) is 0 Å². The van der Waals surface area contributed by atoms with Crippen LogP contribution >= 0.6 is 12.2 Å². The second kappa shape index (κ2) is 5.93. The molecule has 0 amide bonds. The maximum atomic E-state index is 4.58. The molecule has 1 nitrogen and oxygen atoms in total. The molecule has 0 fully saturated rings. The van der Waals surface area contributed by atoms with Crippen molar-refractivity contribution in [1.29, 1.82) is 0 Å². The average molecular weight is 249 g/mol. The molecule has 86 valence electrons. The van der Waals surface area contributed by atoms with Crippen molar-refractivity contribution in [2.24, 2.45) is 4.99 Å². The van der Waals surface area contributed by atoms with E-state index < -0.39 is 0 Å². The van der Waals surface area contributed by atoms with Crippen LogP contribution in [0.1, 0.15) is 16.7 Å². The average Bonchev–Trinajstić information content (AvgIpc) is 2.39. The smallest absolute Gasteiger partial charge is 0.0743 e. The molecule has 0 atom stereocenters. The summed E-state index contributed by atoms with van der Waals surface area (Å²) in [5.74, 6) is 6.30. The fourth-order valence-electron chi connectivity index (χ4n) is 1.57. The summed E-state index contributed by atoms with van der Waals surface area (Å²) in [5.41, 5.74) is 3.91. The van der Waals surface area contributed by atoms with E-state index >= 15 is 0 Å². The van der Waals surface area contributed by atoms with E-state index in [0.29, 0.717) is 0 Å². The predicted molar refractivity (Wildman–Crippen MR) is 78.3 cm³/mol. The van der Waals surface area contributed by atoms with E-state index in [1.807, 2.05) is 55.5 Å². The molecular formula is C16H11NS. The number of thiocarbonyl (C=S) groups is 1. The summed E-state index contributed by atoms with van der Waals surface area (Å²) in [6, 6.07) is 15.7. The van der Waals surface area contributed by atoms with Gasteiger partial charge in [-0.1, -0.05) is 30.0 Å². The summed E-state index contributed by atoms with van der Waals surface area (Å²) in [4.78, 5) is 3.94. The van der Waals surface area contributed by atoms with Crippen LogP contribution in [0.2, 0.25) is 0 Å². The van der Waals surface area contributed by atoms with Gasteiger partial charge in [0.15, 0.2) is 0 Å². The van der Waals surface area contributed by atoms with Crippen LogP contribution in [-0.4, -0.2) is 5.16 Å². The van der Waals surface area contributed by atoms with Crippen LogP contribution in [0.4, 0.5) is 5.69 Å². The summed E-state index contributed by atoms with van der Waals surface area (Å²) in [5, 5.41) is 2.36. The largest absolute Gasteiger partial charge is 0.195 e. The minimum atomic E-state index is 0.813. The minimum Gasteiger partial charge on any atom is -0.195 e. The molecule has 0 bridgehead atoms.